The lowest BCUT2D eigenvalue weighted by Gasteiger charge is -2.29. The molecule has 0 unspecified atom stereocenters. The second-order valence-electron chi connectivity index (χ2n) is 4.71. The minimum atomic E-state index is 0. The lowest BCUT2D eigenvalue weighted by Crippen LogP contribution is -2.43. The van der Waals surface area contributed by atoms with Crippen LogP contribution in [0.3, 0.4) is 0 Å². The Balaban J connectivity index is 0.00000220. The molecule has 1 heterocycles. The summed E-state index contributed by atoms with van der Waals surface area (Å²) >= 11 is 3.35. The maximum Gasteiger partial charge on any atom is 0.194 e. The highest BCUT2D eigenvalue weighted by atomic mass is 127. The van der Waals surface area contributed by atoms with E-state index in [9.17, 15) is 0 Å². The number of guanidine groups is 1. The fourth-order valence-corrected chi connectivity index (χ4v) is 2.42. The molecule has 2 rings (SSSR count). The van der Waals surface area contributed by atoms with Crippen LogP contribution in [0.4, 0.5) is 0 Å². The number of aliphatic imine (C=N–C) groups is 1. The van der Waals surface area contributed by atoms with E-state index in [4.69, 9.17) is 0 Å². The molecule has 0 saturated carbocycles. The molecule has 0 radical (unpaired) electrons. The van der Waals surface area contributed by atoms with Crippen molar-refractivity contribution in [1.82, 2.24) is 10.2 Å². The van der Waals surface area contributed by atoms with E-state index < -0.39 is 0 Å². The van der Waals surface area contributed by atoms with Gasteiger partial charge in [-0.1, -0.05) is 58.9 Å². The van der Waals surface area contributed by atoms with Crippen molar-refractivity contribution in [1.29, 1.82) is 0 Å². The van der Waals surface area contributed by atoms with Gasteiger partial charge in [0, 0.05) is 31.2 Å². The molecular weight excluding hydrogens is 441 g/mol. The van der Waals surface area contributed by atoms with Crippen molar-refractivity contribution in [3.63, 3.8) is 0 Å². The van der Waals surface area contributed by atoms with E-state index in [1.165, 1.54) is 11.1 Å². The van der Waals surface area contributed by atoms with Crippen LogP contribution in [0.15, 0.2) is 52.5 Å². The Morgan fingerprint density at radius 1 is 1.38 bits per heavy atom. The van der Waals surface area contributed by atoms with Crippen molar-refractivity contribution in [2.24, 2.45) is 4.99 Å². The molecular formula is C16H21BrIN3. The number of hydrogen-bond donors (Lipinski definition) is 1. The van der Waals surface area contributed by atoms with Crippen LogP contribution in [0.1, 0.15) is 12.0 Å². The third-order valence-electron chi connectivity index (χ3n) is 3.30. The first-order chi connectivity index (χ1) is 9.70. The average molecular weight is 462 g/mol. The van der Waals surface area contributed by atoms with Crippen LogP contribution in [0.5, 0.6) is 0 Å². The van der Waals surface area contributed by atoms with Gasteiger partial charge in [-0.05, 0) is 17.6 Å². The molecule has 0 spiro atoms. The van der Waals surface area contributed by atoms with E-state index in [2.05, 4.69) is 74.1 Å². The molecule has 5 heteroatoms. The van der Waals surface area contributed by atoms with E-state index in [0.717, 1.165) is 30.0 Å². The van der Waals surface area contributed by atoms with Crippen molar-refractivity contribution in [2.75, 3.05) is 26.7 Å². The fourth-order valence-electron chi connectivity index (χ4n) is 2.28. The summed E-state index contributed by atoms with van der Waals surface area (Å²) in [4.78, 5) is 6.57. The van der Waals surface area contributed by atoms with Crippen molar-refractivity contribution >= 4 is 51.4 Å². The maximum atomic E-state index is 4.32. The van der Waals surface area contributed by atoms with Gasteiger partial charge in [-0.3, -0.25) is 4.99 Å². The molecule has 0 bridgehead atoms. The number of benzene rings is 1. The van der Waals surface area contributed by atoms with Crippen LogP contribution in [0.2, 0.25) is 0 Å². The summed E-state index contributed by atoms with van der Waals surface area (Å²) in [5.74, 6) is 0.925. The highest BCUT2D eigenvalue weighted by molar-refractivity contribution is 14.0. The number of halogens is 2. The minimum Gasteiger partial charge on any atom is -0.352 e. The van der Waals surface area contributed by atoms with Crippen molar-refractivity contribution in [2.45, 2.75) is 6.42 Å². The standard InChI is InChI=1S/C16H20BrN3.HI/c1-13(17)12-19-16(18-2)20-10-8-15(9-11-20)14-6-4-3-5-7-14;/h3-8H,1,9-12H2,2H3,(H,18,19);1H. The minimum absolute atomic E-state index is 0. The Morgan fingerprint density at radius 3 is 2.62 bits per heavy atom. The second-order valence-corrected chi connectivity index (χ2v) is 5.83. The third kappa shape index (κ3) is 5.47. The lowest BCUT2D eigenvalue weighted by atomic mass is 10.00. The highest BCUT2D eigenvalue weighted by Crippen LogP contribution is 2.21. The first kappa shape index (κ1) is 18.2. The average Bonchev–Trinajstić information content (AvgIpc) is 2.49. The molecule has 0 amide bonds. The Kier molecular flexibility index (Phi) is 8.03. The van der Waals surface area contributed by atoms with Gasteiger partial charge in [0.2, 0.25) is 0 Å². The molecule has 114 valence electrons. The van der Waals surface area contributed by atoms with Gasteiger partial charge in [0.15, 0.2) is 5.96 Å². The van der Waals surface area contributed by atoms with Gasteiger partial charge < -0.3 is 10.2 Å². The molecule has 0 saturated heterocycles. The summed E-state index contributed by atoms with van der Waals surface area (Å²) in [6.07, 6.45) is 3.33. The van der Waals surface area contributed by atoms with Crippen molar-refractivity contribution in [3.8, 4) is 0 Å². The zero-order valence-corrected chi connectivity index (χ0v) is 16.1. The molecule has 21 heavy (non-hydrogen) atoms. The van der Waals surface area contributed by atoms with Gasteiger partial charge in [0.25, 0.3) is 0 Å². The molecule has 1 aromatic rings. The lowest BCUT2D eigenvalue weighted by molar-refractivity contribution is 0.442. The van der Waals surface area contributed by atoms with Gasteiger partial charge in [-0.25, -0.2) is 0 Å². The first-order valence-corrected chi connectivity index (χ1v) is 7.53. The summed E-state index contributed by atoms with van der Waals surface area (Å²) in [7, 11) is 1.82. The summed E-state index contributed by atoms with van der Waals surface area (Å²) in [6, 6.07) is 10.6. The van der Waals surface area contributed by atoms with Gasteiger partial charge in [0.05, 0.1) is 0 Å². The second kappa shape index (κ2) is 9.25. The Labute approximate surface area is 152 Å². The first-order valence-electron chi connectivity index (χ1n) is 6.74. The van der Waals surface area contributed by atoms with Crippen LogP contribution in [0, 0.1) is 0 Å². The van der Waals surface area contributed by atoms with E-state index in [1.54, 1.807) is 0 Å². The zero-order chi connectivity index (χ0) is 14.4. The van der Waals surface area contributed by atoms with Crippen molar-refractivity contribution in [3.05, 3.63) is 53.0 Å². The van der Waals surface area contributed by atoms with E-state index in [0.29, 0.717) is 6.54 Å². The quantitative estimate of drug-likeness (QED) is 0.420. The number of nitrogens with zero attached hydrogens (tertiary/aromatic N) is 2. The van der Waals surface area contributed by atoms with Crippen LogP contribution >= 0.6 is 39.9 Å². The number of rotatable bonds is 3. The largest absolute Gasteiger partial charge is 0.352 e. The molecule has 0 aromatic heterocycles. The topological polar surface area (TPSA) is 27.6 Å². The van der Waals surface area contributed by atoms with E-state index in [1.807, 2.05) is 7.05 Å². The summed E-state index contributed by atoms with van der Waals surface area (Å²) in [5, 5.41) is 3.29. The van der Waals surface area contributed by atoms with Gasteiger partial charge >= 0.3 is 0 Å². The SMILES string of the molecule is C=C(Br)CNC(=NC)N1CC=C(c2ccccc2)CC1.I. The number of nitrogens with one attached hydrogen (secondary N) is 1. The molecule has 1 aromatic carbocycles. The summed E-state index contributed by atoms with van der Waals surface area (Å²) in [5.41, 5.74) is 2.74. The van der Waals surface area contributed by atoms with Gasteiger partial charge in [-0.2, -0.15) is 0 Å². The van der Waals surface area contributed by atoms with E-state index >= 15 is 0 Å². The molecule has 3 nitrogen and oxygen atoms in total. The molecule has 0 aliphatic carbocycles. The van der Waals surface area contributed by atoms with Crippen LogP contribution in [0.25, 0.3) is 5.57 Å². The monoisotopic (exact) mass is 461 g/mol. The fraction of sp³-hybridized carbons (Fsp3) is 0.312. The van der Waals surface area contributed by atoms with Gasteiger partial charge in [0.1, 0.15) is 0 Å². The summed E-state index contributed by atoms with van der Waals surface area (Å²) < 4.78 is 0.927. The number of hydrogen-bond acceptors (Lipinski definition) is 1. The molecule has 1 aliphatic heterocycles. The Bertz CT molecular complexity index is 526. The zero-order valence-electron chi connectivity index (χ0n) is 12.2. The molecule has 0 atom stereocenters. The van der Waals surface area contributed by atoms with Crippen LogP contribution < -0.4 is 5.32 Å². The van der Waals surface area contributed by atoms with Crippen LogP contribution in [-0.2, 0) is 0 Å². The van der Waals surface area contributed by atoms with Gasteiger partial charge in [-0.15, -0.1) is 24.0 Å². The van der Waals surface area contributed by atoms with E-state index in [-0.39, 0.29) is 24.0 Å². The summed E-state index contributed by atoms with van der Waals surface area (Å²) in [6.45, 7) is 6.39. The smallest absolute Gasteiger partial charge is 0.194 e. The Morgan fingerprint density at radius 2 is 2.10 bits per heavy atom. The van der Waals surface area contributed by atoms with Crippen molar-refractivity contribution < 1.29 is 0 Å². The highest BCUT2D eigenvalue weighted by Gasteiger charge is 2.15. The molecule has 1 N–H and O–H groups in total. The predicted octanol–water partition coefficient (Wildman–Crippen LogP) is 3.88. The molecule has 1 aliphatic rings. The maximum absolute atomic E-state index is 4.32. The normalized spacial score (nSPS) is 15.0. The van der Waals surface area contributed by atoms with Crippen LogP contribution in [-0.4, -0.2) is 37.5 Å². The third-order valence-corrected chi connectivity index (χ3v) is 3.58. The Hall–Kier alpha value is -0.820. The predicted molar refractivity (Wildman–Crippen MR) is 105 cm³/mol. The molecule has 0 fully saturated rings.